The Hall–Kier alpha value is -3.85. The van der Waals surface area contributed by atoms with Gasteiger partial charge in [-0.1, -0.05) is 30.3 Å². The number of ether oxygens (including phenoxy) is 1. The van der Waals surface area contributed by atoms with Crippen LogP contribution in [-0.2, 0) is 6.54 Å². The zero-order valence-electron chi connectivity index (χ0n) is 13.7. The highest BCUT2D eigenvalue weighted by Crippen LogP contribution is 2.13. The third-order valence-corrected chi connectivity index (χ3v) is 3.65. The van der Waals surface area contributed by atoms with E-state index >= 15 is 0 Å². The number of aromatic nitrogens is 2. The van der Waals surface area contributed by atoms with Crippen LogP contribution in [0, 0.1) is 11.3 Å². The van der Waals surface area contributed by atoms with E-state index in [2.05, 4.69) is 4.98 Å². The van der Waals surface area contributed by atoms with E-state index in [-0.39, 0.29) is 18.0 Å². The Morgan fingerprint density at radius 1 is 1.08 bits per heavy atom. The number of hydrogen-bond donors (Lipinski definition) is 0. The van der Waals surface area contributed by atoms with Crippen LogP contribution < -0.4 is 9.30 Å². The minimum Gasteiger partial charge on any atom is -0.419 e. The Balaban J connectivity index is 1.78. The number of nitrogens with zero attached hydrogens (tertiary/aromatic N) is 3. The lowest BCUT2D eigenvalue weighted by Gasteiger charge is -2.04. The fourth-order valence-electron chi connectivity index (χ4n) is 2.32. The summed E-state index contributed by atoms with van der Waals surface area (Å²) in [7, 11) is 0. The lowest BCUT2D eigenvalue weighted by atomic mass is 10.1. The summed E-state index contributed by atoms with van der Waals surface area (Å²) in [5.74, 6) is -0.461. The third kappa shape index (κ3) is 3.97. The molecule has 6 heteroatoms. The maximum absolute atomic E-state index is 12.4. The lowest BCUT2D eigenvalue weighted by Crippen LogP contribution is -2.44. The summed E-state index contributed by atoms with van der Waals surface area (Å²) >= 11 is 0. The van der Waals surface area contributed by atoms with Crippen molar-refractivity contribution in [2.75, 3.05) is 0 Å². The van der Waals surface area contributed by atoms with Crippen LogP contribution in [0.2, 0.25) is 0 Å². The van der Waals surface area contributed by atoms with Gasteiger partial charge < -0.3 is 4.74 Å². The van der Waals surface area contributed by atoms with Crippen LogP contribution in [0.15, 0.2) is 73.2 Å². The predicted molar refractivity (Wildman–Crippen MR) is 91.3 cm³/mol. The van der Waals surface area contributed by atoms with Crippen molar-refractivity contribution in [2.24, 2.45) is 0 Å². The van der Waals surface area contributed by atoms with E-state index in [4.69, 9.17) is 10.00 Å². The highest BCUT2D eigenvalue weighted by Gasteiger charge is 2.24. The molecular weight excluding hydrogens is 330 g/mol. The number of esters is 1. The SMILES string of the molecule is N#Cc1ccc(OC(=O)c2cncc[n+]2CC(=O)c2ccccc2)cc1. The lowest BCUT2D eigenvalue weighted by molar-refractivity contribution is -0.686. The second kappa shape index (κ2) is 7.81. The predicted octanol–water partition coefficient (Wildman–Crippen LogP) is 2.34. The standard InChI is InChI=1S/C20H14N3O3/c21-12-15-6-8-17(9-7-15)26-20(25)18-13-22-10-11-23(18)14-19(24)16-4-2-1-3-5-16/h1-11,13H,14H2/q+1. The Bertz CT molecular complexity index is 977. The molecule has 0 atom stereocenters. The molecule has 2 aromatic carbocycles. The normalized spacial score (nSPS) is 9.96. The largest absolute Gasteiger partial charge is 0.419 e. The van der Waals surface area contributed by atoms with Crippen molar-refractivity contribution < 1.29 is 18.9 Å². The molecule has 0 aliphatic carbocycles. The van der Waals surface area contributed by atoms with Gasteiger partial charge in [-0.3, -0.25) is 9.78 Å². The number of rotatable bonds is 5. The molecule has 0 unspecified atom stereocenters. The number of ketones is 1. The number of carbonyl (C=O) groups excluding carboxylic acids is 2. The fourth-order valence-corrected chi connectivity index (χ4v) is 2.32. The number of Topliss-reactive ketones (excluding diaryl/α,β-unsaturated/α-hetero) is 1. The van der Waals surface area contributed by atoms with Gasteiger partial charge in [0.05, 0.1) is 17.8 Å². The van der Waals surface area contributed by atoms with Gasteiger partial charge >= 0.3 is 11.7 Å². The third-order valence-electron chi connectivity index (χ3n) is 3.65. The Labute approximate surface area is 149 Å². The topological polar surface area (TPSA) is 83.9 Å². The van der Waals surface area contributed by atoms with Crippen molar-refractivity contribution >= 4 is 11.8 Å². The number of benzene rings is 2. The average Bonchev–Trinajstić information content (AvgIpc) is 2.69. The molecule has 3 aromatic rings. The first-order chi connectivity index (χ1) is 12.7. The second-order valence-corrected chi connectivity index (χ2v) is 5.40. The number of carbonyl (C=O) groups is 2. The fraction of sp³-hybridized carbons (Fsp3) is 0.0500. The van der Waals surface area contributed by atoms with Crippen LogP contribution in [0.3, 0.4) is 0 Å². The maximum atomic E-state index is 12.4. The van der Waals surface area contributed by atoms with Crippen molar-refractivity contribution in [1.29, 1.82) is 5.26 Å². The molecule has 26 heavy (non-hydrogen) atoms. The molecule has 3 rings (SSSR count). The van der Waals surface area contributed by atoms with Crippen LogP contribution in [0.4, 0.5) is 0 Å². The van der Waals surface area contributed by atoms with E-state index in [0.717, 1.165) is 0 Å². The van der Waals surface area contributed by atoms with Crippen LogP contribution in [-0.4, -0.2) is 16.7 Å². The minimum absolute atomic E-state index is 0.00959. The van der Waals surface area contributed by atoms with Crippen LogP contribution >= 0.6 is 0 Å². The van der Waals surface area contributed by atoms with E-state index in [9.17, 15) is 9.59 Å². The number of nitriles is 1. The van der Waals surface area contributed by atoms with E-state index in [1.54, 1.807) is 42.6 Å². The molecule has 6 nitrogen and oxygen atoms in total. The summed E-state index contributed by atoms with van der Waals surface area (Å²) in [6, 6.07) is 17.0. The summed E-state index contributed by atoms with van der Waals surface area (Å²) < 4.78 is 6.80. The van der Waals surface area contributed by atoms with Crippen LogP contribution in [0.1, 0.15) is 26.4 Å². The molecule has 0 radical (unpaired) electrons. The Morgan fingerprint density at radius 3 is 2.50 bits per heavy atom. The van der Waals surface area contributed by atoms with E-state index in [0.29, 0.717) is 16.9 Å². The molecule has 0 fully saturated rings. The van der Waals surface area contributed by atoms with Gasteiger partial charge in [0, 0.05) is 5.56 Å². The molecule has 0 saturated heterocycles. The van der Waals surface area contributed by atoms with Crippen molar-refractivity contribution in [2.45, 2.75) is 6.54 Å². The van der Waals surface area contributed by atoms with Crippen molar-refractivity contribution in [3.05, 3.63) is 90.0 Å². The summed E-state index contributed by atoms with van der Waals surface area (Å²) in [6.07, 6.45) is 4.40. The van der Waals surface area contributed by atoms with Crippen molar-refractivity contribution in [3.8, 4) is 11.8 Å². The molecule has 126 valence electrons. The van der Waals surface area contributed by atoms with Crippen LogP contribution in [0.25, 0.3) is 0 Å². The first kappa shape index (κ1) is 17.0. The molecule has 1 heterocycles. The van der Waals surface area contributed by atoms with Gasteiger partial charge in [0.1, 0.15) is 11.9 Å². The molecule has 0 N–H and O–H groups in total. The molecular formula is C20H14N3O3+. The zero-order valence-corrected chi connectivity index (χ0v) is 13.7. The Kier molecular flexibility index (Phi) is 5.11. The molecule has 0 spiro atoms. The molecule has 0 bridgehead atoms. The van der Waals surface area contributed by atoms with E-state index in [1.165, 1.54) is 29.1 Å². The van der Waals surface area contributed by atoms with Gasteiger partial charge in [0.25, 0.3) is 0 Å². The molecule has 1 aromatic heterocycles. The maximum Gasteiger partial charge on any atom is 0.410 e. The van der Waals surface area contributed by atoms with E-state index < -0.39 is 5.97 Å². The van der Waals surface area contributed by atoms with Gasteiger partial charge in [-0.05, 0) is 24.3 Å². The van der Waals surface area contributed by atoms with Crippen molar-refractivity contribution in [3.63, 3.8) is 0 Å². The summed E-state index contributed by atoms with van der Waals surface area (Å²) in [5.41, 5.74) is 1.18. The minimum atomic E-state index is -0.635. The monoisotopic (exact) mass is 344 g/mol. The second-order valence-electron chi connectivity index (χ2n) is 5.40. The van der Waals surface area contributed by atoms with Gasteiger partial charge in [0.15, 0.2) is 6.20 Å². The van der Waals surface area contributed by atoms with Gasteiger partial charge in [-0.15, -0.1) is 0 Å². The first-order valence-electron chi connectivity index (χ1n) is 7.81. The molecule has 0 saturated carbocycles. The molecule has 0 amide bonds. The summed E-state index contributed by atoms with van der Waals surface area (Å²) in [5, 5.41) is 8.80. The smallest absolute Gasteiger partial charge is 0.410 e. The zero-order chi connectivity index (χ0) is 18.4. The highest BCUT2D eigenvalue weighted by atomic mass is 16.5. The van der Waals surface area contributed by atoms with Crippen LogP contribution in [0.5, 0.6) is 5.75 Å². The quantitative estimate of drug-likeness (QED) is 0.307. The molecule has 0 aliphatic rings. The molecule has 0 aliphatic heterocycles. The van der Waals surface area contributed by atoms with E-state index in [1.807, 2.05) is 12.1 Å². The summed E-state index contributed by atoms with van der Waals surface area (Å²) in [6.45, 7) is -0.00959. The van der Waals surface area contributed by atoms with Gasteiger partial charge in [0.2, 0.25) is 12.3 Å². The number of hydrogen-bond acceptors (Lipinski definition) is 5. The first-order valence-corrected chi connectivity index (χ1v) is 7.81. The Morgan fingerprint density at radius 2 is 1.81 bits per heavy atom. The highest BCUT2D eigenvalue weighted by molar-refractivity contribution is 5.95. The van der Waals surface area contributed by atoms with Gasteiger partial charge in [-0.25, -0.2) is 4.79 Å². The van der Waals surface area contributed by atoms with Gasteiger partial charge in [-0.2, -0.15) is 9.83 Å². The van der Waals surface area contributed by atoms with Crippen molar-refractivity contribution in [1.82, 2.24) is 4.98 Å². The summed E-state index contributed by atoms with van der Waals surface area (Å²) in [4.78, 5) is 28.8. The average molecular weight is 344 g/mol.